The van der Waals surface area contributed by atoms with E-state index in [4.69, 9.17) is 5.10 Å². The Morgan fingerprint density at radius 2 is 2.19 bits per heavy atom. The number of aromatic nitrogens is 3. The average molecular weight is 354 g/mol. The van der Waals surface area contributed by atoms with Crippen molar-refractivity contribution in [1.29, 1.82) is 0 Å². The van der Waals surface area contributed by atoms with Crippen LogP contribution in [-0.2, 0) is 13.0 Å². The van der Waals surface area contributed by atoms with Gasteiger partial charge in [0.1, 0.15) is 11.6 Å². The molecule has 1 fully saturated rings. The van der Waals surface area contributed by atoms with E-state index in [1.165, 1.54) is 6.07 Å². The van der Waals surface area contributed by atoms with E-state index in [1.54, 1.807) is 22.8 Å². The van der Waals surface area contributed by atoms with Crippen LogP contribution in [0.3, 0.4) is 0 Å². The zero-order valence-corrected chi connectivity index (χ0v) is 14.9. The second kappa shape index (κ2) is 7.03. The molecule has 0 amide bonds. The van der Waals surface area contributed by atoms with E-state index in [9.17, 15) is 9.50 Å². The molecule has 1 saturated heterocycles. The first-order valence-corrected chi connectivity index (χ1v) is 9.20. The molecule has 2 aromatic heterocycles. The fourth-order valence-electron chi connectivity index (χ4n) is 3.87. The van der Waals surface area contributed by atoms with E-state index in [-0.39, 0.29) is 18.5 Å². The molecule has 136 valence electrons. The van der Waals surface area contributed by atoms with Gasteiger partial charge in [0.05, 0.1) is 24.5 Å². The lowest BCUT2D eigenvalue weighted by Crippen LogP contribution is -2.25. The van der Waals surface area contributed by atoms with Crippen molar-refractivity contribution in [3.05, 3.63) is 59.2 Å². The van der Waals surface area contributed by atoms with E-state index < -0.39 is 0 Å². The van der Waals surface area contributed by atoms with Crippen molar-refractivity contribution in [2.24, 2.45) is 0 Å². The molecule has 1 atom stereocenters. The summed E-state index contributed by atoms with van der Waals surface area (Å²) < 4.78 is 15.5. The molecule has 6 heteroatoms. The maximum atomic E-state index is 13.7. The molecule has 1 unspecified atom stereocenters. The molecule has 0 saturated carbocycles. The first kappa shape index (κ1) is 17.0. The van der Waals surface area contributed by atoms with Gasteiger partial charge in [-0.05, 0) is 43.0 Å². The number of aliphatic hydroxyl groups is 1. The van der Waals surface area contributed by atoms with Crippen molar-refractivity contribution >= 4 is 11.5 Å². The summed E-state index contributed by atoms with van der Waals surface area (Å²) in [7, 11) is 0. The molecule has 4 rings (SSSR count). The van der Waals surface area contributed by atoms with Gasteiger partial charge >= 0.3 is 0 Å². The Kier molecular flexibility index (Phi) is 4.59. The fraction of sp³-hybridized carbons (Fsp3) is 0.400. The van der Waals surface area contributed by atoms with Gasteiger partial charge in [0.25, 0.3) is 0 Å². The molecule has 0 bridgehead atoms. The topological polar surface area (TPSA) is 53.7 Å². The summed E-state index contributed by atoms with van der Waals surface area (Å²) >= 11 is 0. The van der Waals surface area contributed by atoms with Crippen LogP contribution in [0.5, 0.6) is 0 Å². The van der Waals surface area contributed by atoms with Gasteiger partial charge in [0.15, 0.2) is 5.65 Å². The number of anilines is 1. The maximum absolute atomic E-state index is 13.7. The standard InChI is InChI=1S/C20H23FN4O/c1-2-5-15-11-19(23-25-17(13-26)12-22-20(15)25)24-9-4-8-18(24)14-6-3-7-16(21)10-14/h3,6-7,10-12,18,26H,2,4-5,8-9,13H2,1H3. The van der Waals surface area contributed by atoms with E-state index >= 15 is 0 Å². The number of halogens is 1. The number of nitrogens with zero attached hydrogens (tertiary/aromatic N) is 4. The maximum Gasteiger partial charge on any atom is 0.157 e. The molecule has 0 spiro atoms. The molecular formula is C20H23FN4O. The molecule has 5 nitrogen and oxygen atoms in total. The highest BCUT2D eigenvalue weighted by Gasteiger charge is 2.28. The number of fused-ring (bicyclic) bond motifs is 1. The van der Waals surface area contributed by atoms with E-state index in [2.05, 4.69) is 22.9 Å². The second-order valence-electron chi connectivity index (χ2n) is 6.83. The molecule has 0 radical (unpaired) electrons. The van der Waals surface area contributed by atoms with Crippen LogP contribution < -0.4 is 4.90 Å². The lowest BCUT2D eigenvalue weighted by Gasteiger charge is -2.26. The van der Waals surface area contributed by atoms with Gasteiger partial charge in [0.2, 0.25) is 0 Å². The molecule has 1 N–H and O–H groups in total. The average Bonchev–Trinajstić information content (AvgIpc) is 3.28. The summed E-state index contributed by atoms with van der Waals surface area (Å²) in [5.74, 6) is 0.655. The predicted molar refractivity (Wildman–Crippen MR) is 98.6 cm³/mol. The van der Waals surface area contributed by atoms with Crippen LogP contribution in [0.2, 0.25) is 0 Å². The number of hydrogen-bond donors (Lipinski definition) is 1. The molecule has 3 heterocycles. The number of aryl methyl sites for hydroxylation is 1. The third kappa shape index (κ3) is 2.94. The van der Waals surface area contributed by atoms with Crippen LogP contribution in [-0.4, -0.2) is 26.2 Å². The third-order valence-corrected chi connectivity index (χ3v) is 5.06. The fourth-order valence-corrected chi connectivity index (χ4v) is 3.87. The van der Waals surface area contributed by atoms with Crippen molar-refractivity contribution in [1.82, 2.24) is 14.6 Å². The van der Waals surface area contributed by atoms with Crippen molar-refractivity contribution in [3.63, 3.8) is 0 Å². The Hall–Kier alpha value is -2.47. The van der Waals surface area contributed by atoms with Gasteiger partial charge in [0, 0.05) is 12.1 Å². The number of benzene rings is 1. The summed E-state index contributed by atoms with van der Waals surface area (Å²) in [5, 5.41) is 14.4. The quantitative estimate of drug-likeness (QED) is 0.760. The monoisotopic (exact) mass is 354 g/mol. The minimum atomic E-state index is -0.207. The number of hydrogen-bond acceptors (Lipinski definition) is 4. The molecule has 1 aliphatic rings. The first-order chi connectivity index (χ1) is 12.7. The van der Waals surface area contributed by atoms with Crippen molar-refractivity contribution in [3.8, 4) is 0 Å². The molecule has 1 aliphatic heterocycles. The number of imidazole rings is 1. The van der Waals surface area contributed by atoms with Gasteiger partial charge in [-0.25, -0.2) is 13.9 Å². The summed E-state index contributed by atoms with van der Waals surface area (Å²) in [6, 6.07) is 9.06. The summed E-state index contributed by atoms with van der Waals surface area (Å²) in [6.45, 7) is 2.92. The van der Waals surface area contributed by atoms with Crippen LogP contribution in [0.4, 0.5) is 10.2 Å². The van der Waals surface area contributed by atoms with Crippen molar-refractivity contribution < 1.29 is 9.50 Å². The highest BCUT2D eigenvalue weighted by atomic mass is 19.1. The Labute approximate surface area is 152 Å². The van der Waals surface area contributed by atoms with Crippen LogP contribution in [0.15, 0.2) is 36.5 Å². The highest BCUT2D eigenvalue weighted by Crippen LogP contribution is 2.36. The number of rotatable bonds is 5. The van der Waals surface area contributed by atoms with E-state index in [0.717, 1.165) is 54.8 Å². The van der Waals surface area contributed by atoms with Crippen LogP contribution in [0.25, 0.3) is 5.65 Å². The minimum Gasteiger partial charge on any atom is -0.390 e. The zero-order chi connectivity index (χ0) is 18.1. The second-order valence-corrected chi connectivity index (χ2v) is 6.83. The van der Waals surface area contributed by atoms with Crippen molar-refractivity contribution in [2.45, 2.75) is 45.3 Å². The molecule has 3 aromatic rings. The summed E-state index contributed by atoms with van der Waals surface area (Å²) in [4.78, 5) is 6.68. The normalized spacial score (nSPS) is 17.3. The molecular weight excluding hydrogens is 331 g/mol. The van der Waals surface area contributed by atoms with E-state index in [0.29, 0.717) is 5.69 Å². The zero-order valence-electron chi connectivity index (χ0n) is 14.9. The van der Waals surface area contributed by atoms with Gasteiger partial charge in [-0.1, -0.05) is 25.5 Å². The lowest BCUT2D eigenvalue weighted by atomic mass is 10.0. The minimum absolute atomic E-state index is 0.101. The van der Waals surface area contributed by atoms with E-state index in [1.807, 2.05) is 6.07 Å². The van der Waals surface area contributed by atoms with Gasteiger partial charge < -0.3 is 10.0 Å². The summed E-state index contributed by atoms with van der Waals surface area (Å²) in [5.41, 5.74) is 3.60. The van der Waals surface area contributed by atoms with Gasteiger partial charge in [-0.15, -0.1) is 5.10 Å². The third-order valence-electron chi connectivity index (χ3n) is 5.06. The van der Waals surface area contributed by atoms with Crippen LogP contribution in [0.1, 0.15) is 49.0 Å². The Balaban J connectivity index is 1.79. The van der Waals surface area contributed by atoms with Crippen molar-refractivity contribution in [2.75, 3.05) is 11.4 Å². The predicted octanol–water partition coefficient (Wildman–Crippen LogP) is 3.65. The SMILES string of the molecule is CCCc1cc(N2CCCC2c2cccc(F)c2)nn2c(CO)cnc12. The summed E-state index contributed by atoms with van der Waals surface area (Å²) in [6.07, 6.45) is 5.61. The smallest absolute Gasteiger partial charge is 0.157 e. The lowest BCUT2D eigenvalue weighted by molar-refractivity contribution is 0.274. The van der Waals surface area contributed by atoms with Crippen LogP contribution in [0, 0.1) is 5.82 Å². The van der Waals surface area contributed by atoms with Gasteiger partial charge in [-0.2, -0.15) is 0 Å². The molecule has 0 aliphatic carbocycles. The molecule has 26 heavy (non-hydrogen) atoms. The Bertz CT molecular complexity index is 923. The van der Waals surface area contributed by atoms with Crippen LogP contribution >= 0.6 is 0 Å². The molecule has 1 aromatic carbocycles. The number of aliphatic hydroxyl groups excluding tert-OH is 1. The first-order valence-electron chi connectivity index (χ1n) is 9.20. The largest absolute Gasteiger partial charge is 0.390 e. The highest BCUT2D eigenvalue weighted by molar-refractivity contribution is 5.56. The van der Waals surface area contributed by atoms with Gasteiger partial charge in [-0.3, -0.25) is 0 Å². The Morgan fingerprint density at radius 1 is 1.31 bits per heavy atom. The Morgan fingerprint density at radius 3 is 2.96 bits per heavy atom.